The predicted octanol–water partition coefficient (Wildman–Crippen LogP) is 3.14. The Balaban J connectivity index is 2.71. The summed E-state index contributed by atoms with van der Waals surface area (Å²) in [4.78, 5) is 15.7. The average Bonchev–Trinajstić information content (AvgIpc) is 2.67. The molecule has 1 rings (SSSR count). The summed E-state index contributed by atoms with van der Waals surface area (Å²) in [6, 6.07) is 0. The Morgan fingerprint density at radius 3 is 2.82 bits per heavy atom. The number of esters is 1. The number of methoxy groups -OCH3 is 1. The zero-order valence-corrected chi connectivity index (χ0v) is 12.6. The topological polar surface area (TPSA) is 51.2 Å². The number of thioether (sulfide) groups is 1. The molecule has 7 heteroatoms. The van der Waals surface area contributed by atoms with E-state index in [1.54, 1.807) is 11.8 Å². The Hall–Kier alpha value is -0.460. The third kappa shape index (κ3) is 4.04. The van der Waals surface area contributed by atoms with E-state index in [0.717, 1.165) is 6.54 Å². The van der Waals surface area contributed by atoms with Crippen LogP contribution in [0, 0.1) is 0 Å². The van der Waals surface area contributed by atoms with Crippen LogP contribution in [0.25, 0.3) is 0 Å². The second-order valence-electron chi connectivity index (χ2n) is 3.95. The number of rotatable bonds is 5. The standard InChI is InChI=1S/C10H15ClN2O2S2/c1-10(2,16-4)5-12-9-13-7(11)6(17-9)8(14)15-3/h5H2,1-4H3,(H,12,13). The first-order chi connectivity index (χ1) is 7.89. The van der Waals surface area contributed by atoms with Gasteiger partial charge in [0.15, 0.2) is 15.2 Å². The van der Waals surface area contributed by atoms with Crippen LogP contribution < -0.4 is 5.32 Å². The van der Waals surface area contributed by atoms with Gasteiger partial charge in [0.2, 0.25) is 0 Å². The first-order valence-corrected chi connectivity index (χ1v) is 7.35. The van der Waals surface area contributed by atoms with Crippen molar-refractivity contribution in [2.45, 2.75) is 18.6 Å². The third-order valence-corrected chi connectivity index (χ3v) is 4.80. The van der Waals surface area contributed by atoms with Crippen LogP contribution in [0.2, 0.25) is 5.15 Å². The molecule has 96 valence electrons. The number of hydrogen-bond donors (Lipinski definition) is 1. The predicted molar refractivity (Wildman–Crippen MR) is 74.5 cm³/mol. The summed E-state index contributed by atoms with van der Waals surface area (Å²) < 4.78 is 4.71. The van der Waals surface area contributed by atoms with Crippen molar-refractivity contribution < 1.29 is 9.53 Å². The van der Waals surface area contributed by atoms with Gasteiger partial charge < -0.3 is 10.1 Å². The minimum atomic E-state index is -0.454. The fourth-order valence-electron chi connectivity index (χ4n) is 0.956. The van der Waals surface area contributed by atoms with E-state index in [1.807, 2.05) is 0 Å². The summed E-state index contributed by atoms with van der Waals surface area (Å²) >= 11 is 8.82. The van der Waals surface area contributed by atoms with E-state index >= 15 is 0 Å². The summed E-state index contributed by atoms with van der Waals surface area (Å²) in [7, 11) is 1.32. The molecule has 0 atom stereocenters. The van der Waals surface area contributed by atoms with Gasteiger partial charge in [-0.25, -0.2) is 9.78 Å². The molecule has 0 aromatic carbocycles. The van der Waals surface area contributed by atoms with Crippen LogP contribution in [-0.4, -0.2) is 35.6 Å². The van der Waals surface area contributed by atoms with Crippen LogP contribution in [0.15, 0.2) is 0 Å². The number of nitrogens with zero attached hydrogens (tertiary/aromatic N) is 1. The first kappa shape index (κ1) is 14.6. The Bertz CT molecular complexity index is 407. The Morgan fingerprint density at radius 1 is 1.65 bits per heavy atom. The van der Waals surface area contributed by atoms with E-state index in [0.29, 0.717) is 10.0 Å². The molecular formula is C10H15ClN2O2S2. The lowest BCUT2D eigenvalue weighted by Gasteiger charge is -2.21. The minimum absolute atomic E-state index is 0.101. The quantitative estimate of drug-likeness (QED) is 0.846. The highest BCUT2D eigenvalue weighted by Crippen LogP contribution is 2.29. The van der Waals surface area contributed by atoms with Crippen molar-refractivity contribution in [1.82, 2.24) is 4.98 Å². The van der Waals surface area contributed by atoms with Gasteiger partial charge in [0.25, 0.3) is 0 Å². The van der Waals surface area contributed by atoms with Gasteiger partial charge >= 0.3 is 5.97 Å². The largest absolute Gasteiger partial charge is 0.465 e. The van der Waals surface area contributed by atoms with Crippen LogP contribution in [0.1, 0.15) is 23.5 Å². The Kier molecular flexibility index (Phi) is 5.09. The molecule has 4 nitrogen and oxygen atoms in total. The van der Waals surface area contributed by atoms with Crippen molar-refractivity contribution in [3.8, 4) is 0 Å². The lowest BCUT2D eigenvalue weighted by atomic mass is 10.2. The van der Waals surface area contributed by atoms with Crippen LogP contribution in [-0.2, 0) is 4.74 Å². The molecule has 0 unspecified atom stereocenters. The normalized spacial score (nSPS) is 11.4. The molecule has 0 amide bonds. The molecule has 1 aromatic rings. The molecule has 17 heavy (non-hydrogen) atoms. The molecule has 0 aliphatic carbocycles. The molecule has 0 saturated carbocycles. The number of carbonyl (C=O) groups is 1. The molecule has 0 spiro atoms. The maximum absolute atomic E-state index is 11.3. The number of ether oxygens (including phenoxy) is 1. The van der Waals surface area contributed by atoms with Gasteiger partial charge in [0.05, 0.1) is 7.11 Å². The van der Waals surface area contributed by atoms with Crippen LogP contribution in [0.3, 0.4) is 0 Å². The molecule has 0 aliphatic rings. The first-order valence-electron chi connectivity index (χ1n) is 4.93. The van der Waals surface area contributed by atoms with Crippen molar-refractivity contribution >= 4 is 45.8 Å². The van der Waals surface area contributed by atoms with E-state index in [4.69, 9.17) is 11.6 Å². The summed E-state index contributed by atoms with van der Waals surface area (Å²) in [5.41, 5.74) is 0. The number of halogens is 1. The van der Waals surface area contributed by atoms with E-state index in [2.05, 4.69) is 35.1 Å². The monoisotopic (exact) mass is 294 g/mol. The van der Waals surface area contributed by atoms with Crippen molar-refractivity contribution in [3.63, 3.8) is 0 Å². The molecule has 0 fully saturated rings. The van der Waals surface area contributed by atoms with Crippen molar-refractivity contribution in [1.29, 1.82) is 0 Å². The van der Waals surface area contributed by atoms with E-state index in [1.165, 1.54) is 18.4 Å². The van der Waals surface area contributed by atoms with Gasteiger partial charge in [-0.3, -0.25) is 0 Å². The van der Waals surface area contributed by atoms with Crippen LogP contribution >= 0.6 is 34.7 Å². The second-order valence-corrected chi connectivity index (χ2v) is 6.82. The molecule has 0 bridgehead atoms. The lowest BCUT2D eigenvalue weighted by Crippen LogP contribution is -2.25. The maximum Gasteiger partial charge on any atom is 0.351 e. The number of aromatic nitrogens is 1. The number of nitrogens with one attached hydrogen (secondary N) is 1. The van der Waals surface area contributed by atoms with Gasteiger partial charge in [0.1, 0.15) is 0 Å². The maximum atomic E-state index is 11.3. The second kappa shape index (κ2) is 5.93. The summed E-state index contributed by atoms with van der Waals surface area (Å²) in [5, 5.41) is 3.99. The fourth-order valence-corrected chi connectivity index (χ4v) is 2.27. The molecular weight excluding hydrogens is 280 g/mol. The summed E-state index contributed by atoms with van der Waals surface area (Å²) in [5.74, 6) is -0.454. The van der Waals surface area contributed by atoms with Crippen LogP contribution in [0.5, 0.6) is 0 Å². The van der Waals surface area contributed by atoms with Crippen molar-refractivity contribution in [3.05, 3.63) is 10.0 Å². The zero-order chi connectivity index (χ0) is 13.1. The number of anilines is 1. The smallest absolute Gasteiger partial charge is 0.351 e. The third-order valence-electron chi connectivity index (χ3n) is 2.17. The summed E-state index contributed by atoms with van der Waals surface area (Å²) in [6.07, 6.45) is 2.05. The molecule has 0 saturated heterocycles. The molecule has 0 aliphatic heterocycles. The average molecular weight is 295 g/mol. The fraction of sp³-hybridized carbons (Fsp3) is 0.600. The van der Waals surface area contributed by atoms with Gasteiger partial charge in [-0.15, -0.1) is 0 Å². The van der Waals surface area contributed by atoms with Gasteiger partial charge in [-0.05, 0) is 20.1 Å². The number of hydrogen-bond acceptors (Lipinski definition) is 6. The molecule has 1 aromatic heterocycles. The van der Waals surface area contributed by atoms with Gasteiger partial charge in [-0.2, -0.15) is 11.8 Å². The molecule has 0 radical (unpaired) electrons. The number of thiazole rings is 1. The van der Waals surface area contributed by atoms with Crippen molar-refractivity contribution in [2.75, 3.05) is 25.2 Å². The Labute approximate surface area is 114 Å². The Morgan fingerprint density at radius 2 is 2.29 bits per heavy atom. The summed E-state index contributed by atoms with van der Waals surface area (Å²) in [6.45, 7) is 5.00. The van der Waals surface area contributed by atoms with Gasteiger partial charge in [0, 0.05) is 11.3 Å². The van der Waals surface area contributed by atoms with Crippen LogP contribution in [0.4, 0.5) is 5.13 Å². The lowest BCUT2D eigenvalue weighted by molar-refractivity contribution is 0.0606. The van der Waals surface area contributed by atoms with E-state index in [-0.39, 0.29) is 9.90 Å². The van der Waals surface area contributed by atoms with Gasteiger partial charge in [-0.1, -0.05) is 22.9 Å². The zero-order valence-electron chi connectivity index (χ0n) is 10.2. The molecule has 1 N–H and O–H groups in total. The minimum Gasteiger partial charge on any atom is -0.465 e. The highest BCUT2D eigenvalue weighted by atomic mass is 35.5. The van der Waals surface area contributed by atoms with Crippen molar-refractivity contribution in [2.24, 2.45) is 0 Å². The van der Waals surface area contributed by atoms with E-state index in [9.17, 15) is 4.79 Å². The highest BCUT2D eigenvalue weighted by Gasteiger charge is 2.20. The highest BCUT2D eigenvalue weighted by molar-refractivity contribution is 7.99. The SMILES string of the molecule is COC(=O)c1sc(NCC(C)(C)SC)nc1Cl. The number of carbonyl (C=O) groups excluding carboxylic acids is 1. The molecule has 1 heterocycles. The van der Waals surface area contributed by atoms with E-state index < -0.39 is 5.97 Å².